The molecule has 1 aliphatic rings. The van der Waals surface area contributed by atoms with E-state index in [0.717, 1.165) is 24.0 Å². The zero-order chi connectivity index (χ0) is 16.9. The third-order valence-electron chi connectivity index (χ3n) is 4.19. The Morgan fingerprint density at radius 2 is 1.96 bits per heavy atom. The molecule has 3 nitrogen and oxygen atoms in total. The van der Waals surface area contributed by atoms with Crippen molar-refractivity contribution in [2.75, 3.05) is 0 Å². The van der Waals surface area contributed by atoms with Crippen molar-refractivity contribution >= 4 is 35.3 Å². The highest BCUT2D eigenvalue weighted by atomic mass is 35.5. The summed E-state index contributed by atoms with van der Waals surface area (Å²) in [7, 11) is 0. The molecule has 0 radical (unpaired) electrons. The van der Waals surface area contributed by atoms with Gasteiger partial charge in [0.25, 0.3) is 0 Å². The summed E-state index contributed by atoms with van der Waals surface area (Å²) in [4.78, 5) is 12.1. The van der Waals surface area contributed by atoms with Crippen molar-refractivity contribution < 1.29 is 4.79 Å². The van der Waals surface area contributed by atoms with Gasteiger partial charge in [0.15, 0.2) is 0 Å². The van der Waals surface area contributed by atoms with Crippen molar-refractivity contribution in [1.82, 2.24) is 5.43 Å². The van der Waals surface area contributed by atoms with Crippen LogP contribution in [0.15, 0.2) is 41.5 Å². The van der Waals surface area contributed by atoms with Crippen molar-refractivity contribution in [3.63, 3.8) is 0 Å². The number of benzene rings is 2. The lowest BCUT2D eigenvalue weighted by Crippen LogP contribution is -2.21. The first-order valence-electron chi connectivity index (χ1n) is 8.00. The minimum Gasteiger partial charge on any atom is -0.273 e. The average Bonchev–Trinajstić information content (AvgIpc) is 2.58. The molecular weight excluding hydrogens is 343 g/mol. The van der Waals surface area contributed by atoms with Gasteiger partial charge < -0.3 is 0 Å². The summed E-state index contributed by atoms with van der Waals surface area (Å²) in [5.41, 5.74) is 7.18. The number of carbonyl (C=O) groups is 1. The van der Waals surface area contributed by atoms with Crippen LogP contribution < -0.4 is 5.43 Å². The summed E-state index contributed by atoms with van der Waals surface area (Å²) in [5.74, 6) is -0.120. The van der Waals surface area contributed by atoms with Crippen molar-refractivity contribution in [3.8, 4) is 0 Å². The summed E-state index contributed by atoms with van der Waals surface area (Å²) in [6.07, 6.45) is 6.51. The van der Waals surface area contributed by atoms with Crippen molar-refractivity contribution in [1.29, 1.82) is 0 Å². The molecular formula is C19H18Cl2N2O. The Morgan fingerprint density at radius 3 is 2.79 bits per heavy atom. The molecule has 1 aliphatic carbocycles. The summed E-state index contributed by atoms with van der Waals surface area (Å²) in [6, 6.07) is 11.4. The van der Waals surface area contributed by atoms with Gasteiger partial charge >= 0.3 is 0 Å². The van der Waals surface area contributed by atoms with E-state index in [1.54, 1.807) is 24.4 Å². The van der Waals surface area contributed by atoms with Crippen LogP contribution in [0.2, 0.25) is 10.0 Å². The first-order chi connectivity index (χ1) is 11.6. The molecule has 0 fully saturated rings. The lowest BCUT2D eigenvalue weighted by Gasteiger charge is -2.18. The van der Waals surface area contributed by atoms with E-state index in [4.69, 9.17) is 23.2 Å². The highest BCUT2D eigenvalue weighted by Crippen LogP contribution is 2.25. The lowest BCUT2D eigenvalue weighted by atomic mass is 9.87. The van der Waals surface area contributed by atoms with E-state index in [9.17, 15) is 4.79 Å². The summed E-state index contributed by atoms with van der Waals surface area (Å²) in [5, 5.41) is 4.95. The Balaban J connectivity index is 1.62. The van der Waals surface area contributed by atoms with Crippen molar-refractivity contribution in [3.05, 3.63) is 68.7 Å². The lowest BCUT2D eigenvalue weighted by molar-refractivity contribution is -0.120. The average molecular weight is 361 g/mol. The zero-order valence-corrected chi connectivity index (χ0v) is 14.7. The molecule has 124 valence electrons. The predicted molar refractivity (Wildman–Crippen MR) is 99.0 cm³/mol. The molecule has 3 rings (SSSR count). The SMILES string of the molecule is O=C(Cc1cccc2c1CCCC2)N/N=C\c1ccc(Cl)c(Cl)c1. The van der Waals surface area contributed by atoms with Crippen LogP contribution in [-0.4, -0.2) is 12.1 Å². The van der Waals surface area contributed by atoms with Crippen LogP contribution in [0.1, 0.15) is 35.1 Å². The van der Waals surface area contributed by atoms with Gasteiger partial charge in [-0.3, -0.25) is 4.79 Å². The van der Waals surface area contributed by atoms with Crippen LogP contribution in [0.5, 0.6) is 0 Å². The molecule has 2 aromatic carbocycles. The summed E-state index contributed by atoms with van der Waals surface area (Å²) < 4.78 is 0. The first kappa shape index (κ1) is 17.0. The number of nitrogens with zero attached hydrogens (tertiary/aromatic N) is 1. The summed E-state index contributed by atoms with van der Waals surface area (Å²) >= 11 is 11.8. The van der Waals surface area contributed by atoms with Gasteiger partial charge in [0.1, 0.15) is 0 Å². The van der Waals surface area contributed by atoms with Crippen LogP contribution in [0, 0.1) is 0 Å². The van der Waals surface area contributed by atoms with E-state index in [2.05, 4.69) is 16.6 Å². The van der Waals surface area contributed by atoms with Crippen LogP contribution in [0.4, 0.5) is 0 Å². The Kier molecular flexibility index (Phi) is 5.54. The molecule has 0 bridgehead atoms. The maximum Gasteiger partial charge on any atom is 0.244 e. The third kappa shape index (κ3) is 4.16. The van der Waals surface area contributed by atoms with E-state index >= 15 is 0 Å². The standard InChI is InChI=1S/C19H18Cl2N2O/c20-17-9-8-13(10-18(17)21)12-22-23-19(24)11-15-6-3-5-14-4-1-2-7-16(14)15/h3,5-6,8-10,12H,1-2,4,7,11H2,(H,23,24)/b22-12-. The quantitative estimate of drug-likeness (QED) is 0.629. The van der Waals surface area contributed by atoms with Gasteiger partial charge in [-0.05, 0) is 60.1 Å². The number of carbonyl (C=O) groups excluding carboxylic acids is 1. The Hall–Kier alpha value is -1.84. The molecule has 0 aliphatic heterocycles. The van der Waals surface area contributed by atoms with Gasteiger partial charge in [-0.15, -0.1) is 0 Å². The fraction of sp³-hybridized carbons (Fsp3) is 0.263. The predicted octanol–water partition coefficient (Wildman–Crippen LogP) is 4.57. The minimum absolute atomic E-state index is 0.120. The number of amides is 1. The number of hydrazone groups is 1. The smallest absolute Gasteiger partial charge is 0.244 e. The molecule has 0 spiro atoms. The second-order valence-electron chi connectivity index (χ2n) is 5.91. The molecule has 2 aromatic rings. The first-order valence-corrected chi connectivity index (χ1v) is 8.75. The van der Waals surface area contributed by atoms with E-state index in [1.807, 2.05) is 12.1 Å². The Morgan fingerprint density at radius 1 is 1.12 bits per heavy atom. The van der Waals surface area contributed by atoms with Gasteiger partial charge in [-0.25, -0.2) is 5.43 Å². The summed E-state index contributed by atoms with van der Waals surface area (Å²) in [6.45, 7) is 0. The number of fused-ring (bicyclic) bond motifs is 1. The second-order valence-corrected chi connectivity index (χ2v) is 6.72. The number of rotatable bonds is 4. The Labute approximate surface area is 151 Å². The number of nitrogens with one attached hydrogen (secondary N) is 1. The number of hydrogen-bond acceptors (Lipinski definition) is 2. The molecule has 0 saturated heterocycles. The van der Waals surface area contributed by atoms with Crippen LogP contribution in [-0.2, 0) is 24.1 Å². The molecule has 5 heteroatoms. The maximum atomic E-state index is 12.1. The molecule has 24 heavy (non-hydrogen) atoms. The molecule has 0 atom stereocenters. The van der Waals surface area contributed by atoms with E-state index in [1.165, 1.54) is 24.0 Å². The molecule has 0 saturated carbocycles. The largest absolute Gasteiger partial charge is 0.273 e. The fourth-order valence-electron chi connectivity index (χ4n) is 3.01. The van der Waals surface area contributed by atoms with Crippen LogP contribution >= 0.6 is 23.2 Å². The van der Waals surface area contributed by atoms with Gasteiger partial charge in [-0.2, -0.15) is 5.10 Å². The van der Waals surface area contributed by atoms with Gasteiger partial charge in [0.05, 0.1) is 22.7 Å². The maximum absolute atomic E-state index is 12.1. The number of aryl methyl sites for hydroxylation is 1. The molecule has 0 heterocycles. The van der Waals surface area contributed by atoms with Gasteiger partial charge in [-0.1, -0.05) is 47.5 Å². The van der Waals surface area contributed by atoms with Crippen LogP contribution in [0.25, 0.3) is 0 Å². The van der Waals surface area contributed by atoms with E-state index < -0.39 is 0 Å². The van der Waals surface area contributed by atoms with Crippen molar-refractivity contribution in [2.45, 2.75) is 32.1 Å². The molecule has 0 aromatic heterocycles. The monoisotopic (exact) mass is 360 g/mol. The van der Waals surface area contributed by atoms with Gasteiger partial charge in [0, 0.05) is 0 Å². The molecule has 0 unspecified atom stereocenters. The van der Waals surface area contributed by atoms with Crippen molar-refractivity contribution in [2.24, 2.45) is 5.10 Å². The Bertz CT molecular complexity index is 787. The third-order valence-corrected chi connectivity index (χ3v) is 4.93. The highest BCUT2D eigenvalue weighted by molar-refractivity contribution is 6.42. The number of halogens is 2. The topological polar surface area (TPSA) is 41.5 Å². The fourth-order valence-corrected chi connectivity index (χ4v) is 3.32. The minimum atomic E-state index is -0.120. The van der Waals surface area contributed by atoms with E-state index in [0.29, 0.717) is 16.5 Å². The number of hydrogen-bond donors (Lipinski definition) is 1. The molecule has 1 amide bonds. The molecule has 1 N–H and O–H groups in total. The normalized spacial score (nSPS) is 13.8. The van der Waals surface area contributed by atoms with Gasteiger partial charge in [0.2, 0.25) is 5.91 Å². The highest BCUT2D eigenvalue weighted by Gasteiger charge is 2.14. The zero-order valence-electron chi connectivity index (χ0n) is 13.2. The van der Waals surface area contributed by atoms with E-state index in [-0.39, 0.29) is 5.91 Å². The van der Waals surface area contributed by atoms with Crippen LogP contribution in [0.3, 0.4) is 0 Å². The second kappa shape index (κ2) is 7.82.